The Balaban J connectivity index is 2.69. The molecule has 100 valence electrons. The fourth-order valence-corrected chi connectivity index (χ4v) is 1.99. The maximum absolute atomic E-state index is 12.4. The van der Waals surface area contributed by atoms with Crippen LogP contribution < -0.4 is 0 Å². The van der Waals surface area contributed by atoms with Gasteiger partial charge in [-0.05, 0) is 19.3 Å². The Morgan fingerprint density at radius 2 is 2.12 bits per heavy atom. The van der Waals surface area contributed by atoms with Gasteiger partial charge in [0.1, 0.15) is 0 Å². The molecule has 1 rings (SSSR count). The molecule has 0 N–H and O–H groups in total. The minimum absolute atomic E-state index is 0.354. The zero-order valence-electron chi connectivity index (χ0n) is 9.96. The molecule has 0 aromatic rings. The van der Waals surface area contributed by atoms with Gasteiger partial charge >= 0.3 is 12.2 Å². The minimum atomic E-state index is -4.24. The van der Waals surface area contributed by atoms with Crippen molar-refractivity contribution in [2.45, 2.75) is 37.9 Å². The van der Waals surface area contributed by atoms with Gasteiger partial charge in [0.05, 0.1) is 13.5 Å². The minimum Gasteiger partial charge on any atom is -0.320 e. The quantitative estimate of drug-likeness (QED) is 0.709. The molecular formula is C10H17F3N2O2. The van der Waals surface area contributed by atoms with Crippen LogP contribution in [0, 0.1) is 0 Å². The van der Waals surface area contributed by atoms with Crippen molar-refractivity contribution in [2.75, 3.05) is 20.7 Å². The van der Waals surface area contributed by atoms with Crippen LogP contribution in [-0.2, 0) is 4.84 Å². The Labute approximate surface area is 98.3 Å². The normalized spacial score (nSPS) is 21.5. The number of hydrogen-bond acceptors (Lipinski definition) is 2. The highest BCUT2D eigenvalue weighted by atomic mass is 19.4. The lowest BCUT2D eigenvalue weighted by Crippen LogP contribution is -2.50. The zero-order chi connectivity index (χ0) is 13.1. The van der Waals surface area contributed by atoms with E-state index >= 15 is 0 Å². The predicted octanol–water partition coefficient (Wildman–Crippen LogP) is 2.41. The topological polar surface area (TPSA) is 32.8 Å². The number of hydrogen-bond donors (Lipinski definition) is 0. The molecule has 0 bridgehead atoms. The van der Waals surface area contributed by atoms with Gasteiger partial charge in [0, 0.05) is 19.6 Å². The highest BCUT2D eigenvalue weighted by Crippen LogP contribution is 2.29. The van der Waals surface area contributed by atoms with Crippen molar-refractivity contribution >= 4 is 6.03 Å². The van der Waals surface area contributed by atoms with E-state index in [-0.39, 0.29) is 0 Å². The monoisotopic (exact) mass is 254 g/mol. The SMILES string of the molecule is CON(C)C(=O)N1CCCCC1CC(F)(F)F. The molecule has 1 fully saturated rings. The zero-order valence-corrected chi connectivity index (χ0v) is 9.96. The fourth-order valence-electron chi connectivity index (χ4n) is 1.99. The number of carbonyl (C=O) groups is 1. The molecule has 0 radical (unpaired) electrons. The lowest BCUT2D eigenvalue weighted by molar-refractivity contribution is -0.150. The number of rotatable bonds is 2. The number of amides is 2. The molecule has 0 aliphatic carbocycles. The molecule has 1 aliphatic heterocycles. The summed E-state index contributed by atoms with van der Waals surface area (Å²) in [6.45, 7) is 0.354. The van der Waals surface area contributed by atoms with Gasteiger partial charge in [0.2, 0.25) is 0 Å². The third kappa shape index (κ3) is 4.07. The smallest absolute Gasteiger partial charge is 0.320 e. The summed E-state index contributed by atoms with van der Waals surface area (Å²) in [7, 11) is 2.70. The van der Waals surface area contributed by atoms with Crippen molar-refractivity contribution in [3.05, 3.63) is 0 Å². The van der Waals surface area contributed by atoms with E-state index in [0.717, 1.165) is 17.9 Å². The Morgan fingerprint density at radius 1 is 1.47 bits per heavy atom. The molecule has 1 atom stereocenters. The summed E-state index contributed by atoms with van der Waals surface area (Å²) < 4.78 is 37.1. The van der Waals surface area contributed by atoms with E-state index in [1.54, 1.807) is 0 Å². The first-order valence-electron chi connectivity index (χ1n) is 5.50. The van der Waals surface area contributed by atoms with E-state index in [4.69, 9.17) is 4.84 Å². The van der Waals surface area contributed by atoms with Gasteiger partial charge in [-0.3, -0.25) is 4.84 Å². The summed E-state index contributed by atoms with van der Waals surface area (Å²) in [5.74, 6) is 0. The maximum Gasteiger partial charge on any atom is 0.391 e. The molecule has 0 spiro atoms. The van der Waals surface area contributed by atoms with E-state index in [1.807, 2.05) is 0 Å². The van der Waals surface area contributed by atoms with Crippen LogP contribution in [0.3, 0.4) is 0 Å². The van der Waals surface area contributed by atoms with Crippen molar-refractivity contribution < 1.29 is 22.8 Å². The van der Waals surface area contributed by atoms with Gasteiger partial charge in [0.15, 0.2) is 0 Å². The van der Waals surface area contributed by atoms with Crippen molar-refractivity contribution in [2.24, 2.45) is 0 Å². The maximum atomic E-state index is 12.4. The van der Waals surface area contributed by atoms with Crippen LogP contribution in [0.25, 0.3) is 0 Å². The summed E-state index contributed by atoms with van der Waals surface area (Å²) in [4.78, 5) is 17.7. The number of carbonyl (C=O) groups excluding carboxylic acids is 1. The number of hydroxylamine groups is 2. The van der Waals surface area contributed by atoms with Gasteiger partial charge in [-0.2, -0.15) is 13.2 Å². The third-order valence-corrected chi connectivity index (χ3v) is 2.88. The Bertz CT molecular complexity index is 271. The number of nitrogens with zero attached hydrogens (tertiary/aromatic N) is 2. The number of urea groups is 1. The van der Waals surface area contributed by atoms with Gasteiger partial charge in [-0.1, -0.05) is 0 Å². The average molecular weight is 254 g/mol. The number of likely N-dealkylation sites (tertiary alicyclic amines) is 1. The van der Waals surface area contributed by atoms with Crippen molar-refractivity contribution in [3.63, 3.8) is 0 Å². The summed E-state index contributed by atoms with van der Waals surface area (Å²) in [6.07, 6.45) is -3.34. The van der Waals surface area contributed by atoms with Gasteiger partial charge in [-0.25, -0.2) is 9.86 Å². The van der Waals surface area contributed by atoms with Crippen LogP contribution in [0.4, 0.5) is 18.0 Å². The summed E-state index contributed by atoms with van der Waals surface area (Å²) >= 11 is 0. The van der Waals surface area contributed by atoms with Crippen LogP contribution in [0.15, 0.2) is 0 Å². The molecule has 4 nitrogen and oxygen atoms in total. The van der Waals surface area contributed by atoms with E-state index in [0.29, 0.717) is 13.0 Å². The van der Waals surface area contributed by atoms with Crippen LogP contribution in [0.1, 0.15) is 25.7 Å². The van der Waals surface area contributed by atoms with Crippen molar-refractivity contribution in [1.82, 2.24) is 9.96 Å². The second-order valence-corrected chi connectivity index (χ2v) is 4.12. The molecule has 1 saturated heterocycles. The summed E-state index contributed by atoms with van der Waals surface area (Å²) in [6, 6.07) is -1.28. The first-order valence-corrected chi connectivity index (χ1v) is 5.50. The number of alkyl halides is 3. The van der Waals surface area contributed by atoms with Crippen molar-refractivity contribution in [1.29, 1.82) is 0 Å². The highest BCUT2D eigenvalue weighted by molar-refractivity contribution is 5.73. The summed E-state index contributed by atoms with van der Waals surface area (Å²) in [5, 5.41) is 0.953. The molecule has 17 heavy (non-hydrogen) atoms. The molecule has 1 unspecified atom stereocenters. The molecule has 0 saturated carbocycles. The molecule has 0 aromatic carbocycles. The second kappa shape index (κ2) is 5.57. The van der Waals surface area contributed by atoms with Crippen molar-refractivity contribution in [3.8, 4) is 0 Å². The molecule has 0 aromatic heterocycles. The molecule has 1 heterocycles. The van der Waals surface area contributed by atoms with Crippen LogP contribution in [-0.4, -0.2) is 48.9 Å². The molecule has 7 heteroatoms. The summed E-state index contributed by atoms with van der Waals surface area (Å²) in [5.41, 5.74) is 0. The van der Waals surface area contributed by atoms with Crippen LogP contribution >= 0.6 is 0 Å². The second-order valence-electron chi connectivity index (χ2n) is 4.12. The van der Waals surface area contributed by atoms with E-state index in [9.17, 15) is 18.0 Å². The Kier molecular flexibility index (Phi) is 4.62. The lowest BCUT2D eigenvalue weighted by Gasteiger charge is -2.37. The molecule has 2 amide bonds. The van der Waals surface area contributed by atoms with Crippen LogP contribution in [0.5, 0.6) is 0 Å². The number of piperidine rings is 1. The first kappa shape index (κ1) is 14.1. The third-order valence-electron chi connectivity index (χ3n) is 2.88. The largest absolute Gasteiger partial charge is 0.391 e. The number of halogens is 3. The predicted molar refractivity (Wildman–Crippen MR) is 55.2 cm³/mol. The van der Waals surface area contributed by atoms with Gasteiger partial charge in [-0.15, -0.1) is 0 Å². The molecular weight excluding hydrogens is 237 g/mol. The molecule has 1 aliphatic rings. The Morgan fingerprint density at radius 3 is 2.65 bits per heavy atom. The Hall–Kier alpha value is -0.980. The van der Waals surface area contributed by atoms with E-state index in [2.05, 4.69) is 0 Å². The fraction of sp³-hybridized carbons (Fsp3) is 0.900. The van der Waals surface area contributed by atoms with Crippen LogP contribution in [0.2, 0.25) is 0 Å². The average Bonchev–Trinajstić information content (AvgIpc) is 2.25. The lowest BCUT2D eigenvalue weighted by atomic mass is 9.99. The highest BCUT2D eigenvalue weighted by Gasteiger charge is 2.38. The van der Waals surface area contributed by atoms with E-state index < -0.39 is 24.7 Å². The van der Waals surface area contributed by atoms with Gasteiger partial charge < -0.3 is 4.90 Å². The van der Waals surface area contributed by atoms with E-state index in [1.165, 1.54) is 19.1 Å². The van der Waals surface area contributed by atoms with Gasteiger partial charge in [0.25, 0.3) is 0 Å². The first-order chi connectivity index (χ1) is 7.85. The standard InChI is InChI=1S/C10H17F3N2O2/c1-14(17-2)9(16)15-6-4-3-5-8(15)7-10(11,12)13/h8H,3-7H2,1-2H3.